The van der Waals surface area contributed by atoms with Crippen LogP contribution in [0.3, 0.4) is 0 Å². The summed E-state index contributed by atoms with van der Waals surface area (Å²) < 4.78 is 0. The molecule has 108 valence electrons. The van der Waals surface area contributed by atoms with E-state index in [1.165, 1.54) is 4.88 Å². The molecule has 1 heterocycles. The highest BCUT2D eigenvalue weighted by Crippen LogP contribution is 2.36. The van der Waals surface area contributed by atoms with Crippen LogP contribution in [0.1, 0.15) is 31.3 Å². The van der Waals surface area contributed by atoms with Gasteiger partial charge in [0.1, 0.15) is 5.01 Å². The second-order valence-corrected chi connectivity index (χ2v) is 7.69. The molecule has 0 aliphatic rings. The molecular formula is C15H18Cl2N2S. The molecule has 2 aromatic rings. The number of aromatic nitrogens is 1. The second kappa shape index (κ2) is 6.02. The molecule has 2 rings (SSSR count). The summed E-state index contributed by atoms with van der Waals surface area (Å²) in [6.45, 7) is 7.35. The molecule has 0 bridgehead atoms. The summed E-state index contributed by atoms with van der Waals surface area (Å²) in [5, 5.41) is 5.43. The van der Waals surface area contributed by atoms with Crippen LogP contribution in [-0.2, 0) is 12.0 Å². The fourth-order valence-corrected chi connectivity index (χ4v) is 3.82. The van der Waals surface area contributed by atoms with Crippen LogP contribution in [0.4, 0.5) is 0 Å². The Bertz CT molecular complexity index is 595. The molecule has 0 radical (unpaired) electrons. The van der Waals surface area contributed by atoms with Gasteiger partial charge < -0.3 is 5.32 Å². The molecule has 0 spiro atoms. The molecule has 1 aromatic carbocycles. The van der Waals surface area contributed by atoms with E-state index in [1.54, 1.807) is 17.4 Å². The van der Waals surface area contributed by atoms with Crippen molar-refractivity contribution in [2.75, 3.05) is 7.05 Å². The van der Waals surface area contributed by atoms with E-state index in [1.807, 2.05) is 19.2 Å². The Morgan fingerprint density at radius 3 is 2.25 bits per heavy atom. The van der Waals surface area contributed by atoms with E-state index in [2.05, 4.69) is 26.1 Å². The SMILES string of the molecule is CNCc1sc(-c2cc(Cl)cc(Cl)c2)nc1C(C)(C)C. The molecule has 0 fully saturated rings. The molecule has 0 aliphatic carbocycles. The number of nitrogens with one attached hydrogen (secondary N) is 1. The Balaban J connectivity index is 2.52. The third-order valence-electron chi connectivity index (χ3n) is 2.85. The van der Waals surface area contributed by atoms with Crippen LogP contribution in [0, 0.1) is 0 Å². The minimum absolute atomic E-state index is 0.0172. The van der Waals surface area contributed by atoms with Gasteiger partial charge in [-0.3, -0.25) is 0 Å². The van der Waals surface area contributed by atoms with E-state index in [0.717, 1.165) is 22.8 Å². The van der Waals surface area contributed by atoms with E-state index in [4.69, 9.17) is 28.2 Å². The highest BCUT2D eigenvalue weighted by atomic mass is 35.5. The molecule has 2 nitrogen and oxygen atoms in total. The van der Waals surface area contributed by atoms with Crippen molar-refractivity contribution in [1.82, 2.24) is 10.3 Å². The molecule has 1 aromatic heterocycles. The number of rotatable bonds is 3. The molecule has 0 amide bonds. The number of nitrogens with zero attached hydrogens (tertiary/aromatic N) is 1. The summed E-state index contributed by atoms with van der Waals surface area (Å²) in [6, 6.07) is 5.54. The fourth-order valence-electron chi connectivity index (χ4n) is 2.02. The third kappa shape index (κ3) is 3.53. The van der Waals surface area contributed by atoms with Gasteiger partial charge in [-0.25, -0.2) is 4.98 Å². The summed E-state index contributed by atoms with van der Waals surface area (Å²) in [7, 11) is 1.95. The highest BCUT2D eigenvalue weighted by molar-refractivity contribution is 7.15. The van der Waals surface area contributed by atoms with Gasteiger partial charge in [-0.15, -0.1) is 11.3 Å². The van der Waals surface area contributed by atoms with Crippen LogP contribution in [0.25, 0.3) is 10.6 Å². The molecule has 5 heteroatoms. The first-order valence-corrected chi connectivity index (χ1v) is 8.00. The monoisotopic (exact) mass is 328 g/mol. The molecule has 1 N–H and O–H groups in total. The first-order valence-electron chi connectivity index (χ1n) is 6.42. The number of halogens is 2. The zero-order chi connectivity index (χ0) is 14.9. The minimum Gasteiger partial charge on any atom is -0.315 e. The molecule has 0 atom stereocenters. The largest absolute Gasteiger partial charge is 0.315 e. The number of hydrogen-bond acceptors (Lipinski definition) is 3. The normalized spacial score (nSPS) is 11.9. The van der Waals surface area contributed by atoms with Gasteiger partial charge in [-0.1, -0.05) is 44.0 Å². The molecule has 0 unspecified atom stereocenters. The lowest BCUT2D eigenvalue weighted by Gasteiger charge is -2.17. The molecule has 0 saturated heterocycles. The van der Waals surface area contributed by atoms with Crippen molar-refractivity contribution in [3.63, 3.8) is 0 Å². The van der Waals surface area contributed by atoms with Crippen molar-refractivity contribution in [2.24, 2.45) is 0 Å². The Kier molecular flexibility index (Phi) is 4.75. The second-order valence-electron chi connectivity index (χ2n) is 5.73. The summed E-state index contributed by atoms with van der Waals surface area (Å²) in [6.07, 6.45) is 0. The summed E-state index contributed by atoms with van der Waals surface area (Å²) in [5.74, 6) is 0. The lowest BCUT2D eigenvalue weighted by Crippen LogP contribution is -2.16. The van der Waals surface area contributed by atoms with Gasteiger partial charge in [0, 0.05) is 32.4 Å². The maximum atomic E-state index is 6.08. The summed E-state index contributed by atoms with van der Waals surface area (Å²) >= 11 is 13.8. The number of benzene rings is 1. The lowest BCUT2D eigenvalue weighted by atomic mass is 9.91. The Labute approximate surface area is 134 Å². The van der Waals surface area contributed by atoms with Gasteiger partial charge in [-0.2, -0.15) is 0 Å². The predicted molar refractivity (Wildman–Crippen MR) is 89.0 cm³/mol. The van der Waals surface area contributed by atoms with Crippen LogP contribution in [0.5, 0.6) is 0 Å². The number of hydrogen-bond donors (Lipinski definition) is 1. The Hall–Kier alpha value is -0.610. The van der Waals surface area contributed by atoms with Crippen LogP contribution >= 0.6 is 34.5 Å². The van der Waals surface area contributed by atoms with Crippen molar-refractivity contribution >= 4 is 34.5 Å². The Morgan fingerprint density at radius 2 is 1.75 bits per heavy atom. The van der Waals surface area contributed by atoms with Crippen LogP contribution in [0.15, 0.2) is 18.2 Å². The zero-order valence-corrected chi connectivity index (χ0v) is 14.4. The maximum Gasteiger partial charge on any atom is 0.124 e. The molecule has 0 saturated carbocycles. The van der Waals surface area contributed by atoms with Gasteiger partial charge in [0.2, 0.25) is 0 Å². The van der Waals surface area contributed by atoms with Gasteiger partial charge in [0.25, 0.3) is 0 Å². The van der Waals surface area contributed by atoms with Gasteiger partial charge >= 0.3 is 0 Å². The quantitative estimate of drug-likeness (QED) is 0.844. The average molecular weight is 329 g/mol. The van der Waals surface area contributed by atoms with E-state index < -0.39 is 0 Å². The average Bonchev–Trinajstić information content (AvgIpc) is 2.72. The van der Waals surface area contributed by atoms with Crippen molar-refractivity contribution in [1.29, 1.82) is 0 Å². The summed E-state index contributed by atoms with van der Waals surface area (Å²) in [5.41, 5.74) is 2.12. The standard InChI is InChI=1S/C15H18Cl2N2S/c1-15(2,3)13-12(8-18-4)20-14(19-13)9-5-10(16)7-11(17)6-9/h5-7,18H,8H2,1-4H3. The highest BCUT2D eigenvalue weighted by Gasteiger charge is 2.23. The van der Waals surface area contributed by atoms with Crippen LogP contribution < -0.4 is 5.32 Å². The first-order chi connectivity index (χ1) is 9.31. The van der Waals surface area contributed by atoms with Gasteiger partial charge in [-0.05, 0) is 25.2 Å². The van der Waals surface area contributed by atoms with Gasteiger partial charge in [0.05, 0.1) is 5.69 Å². The first kappa shape index (κ1) is 15.8. The topological polar surface area (TPSA) is 24.9 Å². The van der Waals surface area contributed by atoms with E-state index in [-0.39, 0.29) is 5.41 Å². The minimum atomic E-state index is 0.0172. The predicted octanol–water partition coefficient (Wildman–Crippen LogP) is 5.13. The fraction of sp³-hybridized carbons (Fsp3) is 0.400. The molecular weight excluding hydrogens is 311 g/mol. The third-order valence-corrected chi connectivity index (χ3v) is 4.40. The zero-order valence-electron chi connectivity index (χ0n) is 12.1. The smallest absolute Gasteiger partial charge is 0.124 e. The Morgan fingerprint density at radius 1 is 1.15 bits per heavy atom. The van der Waals surface area contributed by atoms with Crippen molar-refractivity contribution in [3.8, 4) is 10.6 Å². The van der Waals surface area contributed by atoms with E-state index in [9.17, 15) is 0 Å². The van der Waals surface area contributed by atoms with Crippen molar-refractivity contribution in [3.05, 3.63) is 38.8 Å². The van der Waals surface area contributed by atoms with Gasteiger partial charge in [0.15, 0.2) is 0 Å². The van der Waals surface area contributed by atoms with E-state index >= 15 is 0 Å². The number of thiazole rings is 1. The van der Waals surface area contributed by atoms with Crippen LogP contribution in [0.2, 0.25) is 10.0 Å². The van der Waals surface area contributed by atoms with Crippen LogP contribution in [-0.4, -0.2) is 12.0 Å². The summed E-state index contributed by atoms with van der Waals surface area (Å²) in [4.78, 5) is 6.07. The molecule has 20 heavy (non-hydrogen) atoms. The molecule has 0 aliphatic heterocycles. The van der Waals surface area contributed by atoms with Crippen molar-refractivity contribution < 1.29 is 0 Å². The van der Waals surface area contributed by atoms with E-state index in [0.29, 0.717) is 10.0 Å². The maximum absolute atomic E-state index is 6.08. The van der Waals surface area contributed by atoms with Crippen molar-refractivity contribution in [2.45, 2.75) is 32.7 Å². The lowest BCUT2D eigenvalue weighted by molar-refractivity contribution is 0.563.